The van der Waals surface area contributed by atoms with E-state index in [4.69, 9.17) is 0 Å². The van der Waals surface area contributed by atoms with Crippen LogP contribution in [-0.2, 0) is 9.59 Å². The summed E-state index contributed by atoms with van der Waals surface area (Å²) in [4.78, 5) is 26.5. The van der Waals surface area contributed by atoms with E-state index in [1.807, 2.05) is 4.90 Å². The number of carbonyl (C=O) groups is 2. The Morgan fingerprint density at radius 1 is 1.16 bits per heavy atom. The van der Waals surface area contributed by atoms with Crippen LogP contribution in [-0.4, -0.2) is 35.7 Å². The number of likely N-dealkylation sites (tertiary alicyclic amines) is 1. The molecule has 0 aromatic carbocycles. The Labute approximate surface area is 148 Å². The molecule has 1 aliphatic heterocycles. The molecule has 0 bridgehead atoms. The smallest absolute Gasteiger partial charge is 0.248 e. The van der Waals surface area contributed by atoms with Crippen molar-refractivity contribution in [1.29, 1.82) is 0 Å². The third kappa shape index (κ3) is 4.59. The number of alkyl halides is 2. The normalized spacial score (nSPS) is 26.6. The van der Waals surface area contributed by atoms with Gasteiger partial charge in [0, 0.05) is 44.0 Å². The Morgan fingerprint density at radius 2 is 1.88 bits per heavy atom. The third-order valence-corrected chi connectivity index (χ3v) is 5.80. The van der Waals surface area contributed by atoms with Gasteiger partial charge in [-0.25, -0.2) is 8.78 Å². The lowest BCUT2D eigenvalue weighted by Crippen LogP contribution is -2.41. The molecule has 0 radical (unpaired) electrons. The van der Waals surface area contributed by atoms with Crippen LogP contribution >= 0.6 is 0 Å². The molecule has 3 rings (SSSR count). The highest BCUT2D eigenvalue weighted by atomic mass is 19.3. The Morgan fingerprint density at radius 3 is 2.64 bits per heavy atom. The molecule has 2 fully saturated rings. The van der Waals surface area contributed by atoms with Crippen molar-refractivity contribution in [2.45, 2.75) is 70.1 Å². The van der Waals surface area contributed by atoms with Gasteiger partial charge >= 0.3 is 0 Å². The fraction of sp³-hybridized carbons (Fsp3) is 0.789. The number of piperidine rings is 1. The number of carbonyl (C=O) groups excluding carboxylic acids is 2. The van der Waals surface area contributed by atoms with Crippen molar-refractivity contribution >= 4 is 11.8 Å². The number of amides is 2. The summed E-state index contributed by atoms with van der Waals surface area (Å²) in [5.74, 6) is -2.56. The molecular formula is C19H28F2N2O2. The predicted molar refractivity (Wildman–Crippen MR) is 90.9 cm³/mol. The van der Waals surface area contributed by atoms with Crippen molar-refractivity contribution in [2.75, 3.05) is 13.1 Å². The van der Waals surface area contributed by atoms with E-state index in [0.29, 0.717) is 12.5 Å². The lowest BCUT2D eigenvalue weighted by molar-refractivity contribution is -0.131. The number of halogens is 2. The van der Waals surface area contributed by atoms with E-state index in [1.165, 1.54) is 25.0 Å². The van der Waals surface area contributed by atoms with Crippen molar-refractivity contribution < 1.29 is 18.4 Å². The van der Waals surface area contributed by atoms with Crippen molar-refractivity contribution in [2.24, 2.45) is 11.8 Å². The Balaban J connectivity index is 1.43. The highest BCUT2D eigenvalue weighted by Gasteiger charge is 2.37. The molecule has 140 valence electrons. The molecule has 1 heterocycles. The number of allylic oxidation sites excluding steroid dienone is 2. The lowest BCUT2D eigenvalue weighted by Gasteiger charge is -2.38. The van der Waals surface area contributed by atoms with Gasteiger partial charge in [-0.1, -0.05) is 6.08 Å². The molecule has 1 unspecified atom stereocenters. The first-order valence-electron chi connectivity index (χ1n) is 9.62. The molecule has 6 heteroatoms. The Bertz CT molecular complexity index is 538. The molecule has 0 aromatic rings. The second-order valence-corrected chi connectivity index (χ2v) is 7.62. The van der Waals surface area contributed by atoms with Gasteiger partial charge in [0.05, 0.1) is 0 Å². The van der Waals surface area contributed by atoms with Gasteiger partial charge < -0.3 is 10.2 Å². The van der Waals surface area contributed by atoms with E-state index in [9.17, 15) is 18.4 Å². The van der Waals surface area contributed by atoms with E-state index in [1.54, 1.807) is 0 Å². The maximum atomic E-state index is 13.2. The molecule has 1 saturated heterocycles. The number of nitrogens with one attached hydrogen (secondary N) is 1. The molecule has 4 nitrogen and oxygen atoms in total. The topological polar surface area (TPSA) is 49.4 Å². The lowest BCUT2D eigenvalue weighted by atomic mass is 9.85. The van der Waals surface area contributed by atoms with Gasteiger partial charge in [0.2, 0.25) is 17.7 Å². The minimum atomic E-state index is -2.62. The number of fused-ring (bicyclic) bond motifs is 1. The summed E-state index contributed by atoms with van der Waals surface area (Å²) in [6.07, 6.45) is 8.12. The summed E-state index contributed by atoms with van der Waals surface area (Å²) < 4.78 is 26.3. The molecule has 2 amide bonds. The van der Waals surface area contributed by atoms with Gasteiger partial charge in [0.15, 0.2) is 0 Å². The van der Waals surface area contributed by atoms with Crippen LogP contribution in [0.5, 0.6) is 0 Å². The molecule has 1 saturated carbocycles. The SMILES string of the molecule is O=C(NCCC(=O)N1CCCC2CCCC=C21)C1CCC(F)(F)CC1. The fourth-order valence-electron chi connectivity index (χ4n) is 4.32. The monoisotopic (exact) mass is 354 g/mol. The average Bonchev–Trinajstić information content (AvgIpc) is 2.61. The van der Waals surface area contributed by atoms with Crippen LogP contribution < -0.4 is 5.32 Å². The first-order chi connectivity index (χ1) is 12.0. The zero-order chi connectivity index (χ0) is 17.9. The Kier molecular flexibility index (Phi) is 5.74. The summed E-state index contributed by atoms with van der Waals surface area (Å²) >= 11 is 0. The van der Waals surface area contributed by atoms with Crippen LogP contribution in [0, 0.1) is 11.8 Å². The number of nitrogens with zero attached hydrogens (tertiary/aromatic N) is 1. The highest BCUT2D eigenvalue weighted by Crippen LogP contribution is 2.36. The molecule has 2 aliphatic carbocycles. The highest BCUT2D eigenvalue weighted by molar-refractivity contribution is 5.81. The molecule has 1 N–H and O–H groups in total. The molecule has 1 atom stereocenters. The first kappa shape index (κ1) is 18.3. The average molecular weight is 354 g/mol. The van der Waals surface area contributed by atoms with Crippen LogP contribution in [0.3, 0.4) is 0 Å². The van der Waals surface area contributed by atoms with Crippen molar-refractivity contribution in [3.63, 3.8) is 0 Å². The van der Waals surface area contributed by atoms with Crippen LogP contribution in [0.1, 0.15) is 64.2 Å². The predicted octanol–water partition coefficient (Wildman–Crippen LogP) is 3.62. The van der Waals surface area contributed by atoms with Crippen molar-refractivity contribution in [3.8, 4) is 0 Å². The van der Waals surface area contributed by atoms with Crippen molar-refractivity contribution in [3.05, 3.63) is 11.8 Å². The summed E-state index contributed by atoms with van der Waals surface area (Å²) in [5.41, 5.74) is 1.18. The third-order valence-electron chi connectivity index (χ3n) is 5.80. The zero-order valence-corrected chi connectivity index (χ0v) is 14.7. The minimum absolute atomic E-state index is 0.0633. The van der Waals surface area contributed by atoms with Gasteiger partial charge in [-0.15, -0.1) is 0 Å². The maximum Gasteiger partial charge on any atom is 0.248 e. The van der Waals surface area contributed by atoms with E-state index < -0.39 is 5.92 Å². The molecule has 0 spiro atoms. The van der Waals surface area contributed by atoms with E-state index in [2.05, 4.69) is 11.4 Å². The van der Waals surface area contributed by atoms with Crippen LogP contribution in [0.15, 0.2) is 11.8 Å². The van der Waals surface area contributed by atoms with Gasteiger partial charge in [0.25, 0.3) is 0 Å². The van der Waals surface area contributed by atoms with Crippen LogP contribution in [0.4, 0.5) is 8.78 Å². The molecule has 3 aliphatic rings. The largest absolute Gasteiger partial charge is 0.355 e. The zero-order valence-electron chi connectivity index (χ0n) is 14.7. The summed E-state index contributed by atoms with van der Waals surface area (Å²) in [6, 6.07) is 0. The molecule has 0 aromatic heterocycles. The standard InChI is InChI=1S/C19H28F2N2O2/c20-19(21)10-7-15(8-11-19)18(25)22-12-9-17(24)23-13-3-5-14-4-1-2-6-16(14)23/h6,14-15H,1-5,7-13H2,(H,22,25). The van der Waals surface area contributed by atoms with Gasteiger partial charge in [0.1, 0.15) is 0 Å². The summed E-state index contributed by atoms with van der Waals surface area (Å²) in [7, 11) is 0. The summed E-state index contributed by atoms with van der Waals surface area (Å²) in [5, 5.41) is 2.77. The van der Waals surface area contributed by atoms with Gasteiger partial charge in [-0.3, -0.25) is 9.59 Å². The minimum Gasteiger partial charge on any atom is -0.355 e. The van der Waals surface area contributed by atoms with Gasteiger partial charge in [-0.05, 0) is 50.9 Å². The van der Waals surface area contributed by atoms with E-state index >= 15 is 0 Å². The summed E-state index contributed by atoms with van der Waals surface area (Å²) in [6.45, 7) is 1.06. The van der Waals surface area contributed by atoms with Gasteiger partial charge in [-0.2, -0.15) is 0 Å². The fourth-order valence-corrected chi connectivity index (χ4v) is 4.32. The Hall–Kier alpha value is -1.46. The quantitative estimate of drug-likeness (QED) is 0.838. The molecular weight excluding hydrogens is 326 g/mol. The van der Waals surface area contributed by atoms with E-state index in [-0.39, 0.29) is 49.8 Å². The second-order valence-electron chi connectivity index (χ2n) is 7.62. The first-order valence-corrected chi connectivity index (χ1v) is 9.62. The maximum absolute atomic E-state index is 13.2. The number of hydrogen-bond donors (Lipinski definition) is 1. The van der Waals surface area contributed by atoms with Crippen molar-refractivity contribution in [1.82, 2.24) is 10.2 Å². The van der Waals surface area contributed by atoms with E-state index in [0.717, 1.165) is 19.4 Å². The second kappa shape index (κ2) is 7.83. The number of rotatable bonds is 4. The number of hydrogen-bond acceptors (Lipinski definition) is 2. The molecule has 25 heavy (non-hydrogen) atoms. The van der Waals surface area contributed by atoms with Crippen LogP contribution in [0.25, 0.3) is 0 Å². The van der Waals surface area contributed by atoms with Crippen LogP contribution in [0.2, 0.25) is 0 Å².